The standard InChI is InChI=1S/C18H21NO5S/c1-25(23,24)11-4-2-10(3-5-11)19-16(20)14-12-6-7-13(15(14)17(21)22)18(12)8-9-18/h2-5,12-15H,6-9H2,1H3,(H,19,20)(H,21,22). The number of hydrogen-bond donors (Lipinski definition) is 2. The number of anilines is 1. The van der Waals surface area contributed by atoms with Crippen molar-refractivity contribution in [3.63, 3.8) is 0 Å². The molecule has 4 unspecified atom stereocenters. The fourth-order valence-electron chi connectivity index (χ4n) is 5.35. The molecule has 0 heterocycles. The van der Waals surface area contributed by atoms with Crippen LogP contribution < -0.4 is 5.32 Å². The third kappa shape index (κ3) is 2.47. The van der Waals surface area contributed by atoms with E-state index in [1.807, 2.05) is 0 Å². The van der Waals surface area contributed by atoms with Crippen molar-refractivity contribution in [3.05, 3.63) is 24.3 Å². The van der Waals surface area contributed by atoms with E-state index in [4.69, 9.17) is 0 Å². The van der Waals surface area contributed by atoms with Gasteiger partial charge >= 0.3 is 5.97 Å². The molecule has 0 saturated heterocycles. The van der Waals surface area contributed by atoms with Crippen molar-refractivity contribution in [2.24, 2.45) is 29.1 Å². The van der Waals surface area contributed by atoms with Crippen molar-refractivity contribution in [1.82, 2.24) is 0 Å². The number of carboxylic acid groups (broad SMARTS) is 1. The number of amides is 1. The highest BCUT2D eigenvalue weighted by atomic mass is 32.2. The first-order valence-electron chi connectivity index (χ1n) is 8.58. The zero-order valence-corrected chi connectivity index (χ0v) is 14.8. The molecule has 1 spiro atoms. The summed E-state index contributed by atoms with van der Waals surface area (Å²) in [4.78, 5) is 24.8. The van der Waals surface area contributed by atoms with Gasteiger partial charge in [0.1, 0.15) is 0 Å². The summed E-state index contributed by atoms with van der Waals surface area (Å²) in [7, 11) is -3.29. The summed E-state index contributed by atoms with van der Waals surface area (Å²) in [5.74, 6) is -1.93. The normalized spacial score (nSPS) is 31.9. The van der Waals surface area contributed by atoms with Crippen LogP contribution >= 0.6 is 0 Å². The molecule has 2 N–H and O–H groups in total. The van der Waals surface area contributed by atoms with Crippen LogP contribution in [-0.4, -0.2) is 31.7 Å². The van der Waals surface area contributed by atoms with E-state index in [9.17, 15) is 23.1 Å². The number of aliphatic carboxylic acids is 1. The first kappa shape index (κ1) is 16.6. The fraction of sp³-hybridized carbons (Fsp3) is 0.556. The first-order chi connectivity index (χ1) is 11.7. The third-order valence-corrected chi connectivity index (χ3v) is 7.61. The number of carbonyl (C=O) groups excluding carboxylic acids is 1. The Hall–Kier alpha value is -1.89. The van der Waals surface area contributed by atoms with Gasteiger partial charge in [-0.2, -0.15) is 0 Å². The molecule has 1 aromatic carbocycles. The fourth-order valence-corrected chi connectivity index (χ4v) is 5.98. The van der Waals surface area contributed by atoms with Crippen molar-refractivity contribution in [2.75, 3.05) is 11.6 Å². The Morgan fingerprint density at radius 1 is 1.08 bits per heavy atom. The second kappa shape index (κ2) is 5.30. The van der Waals surface area contributed by atoms with Gasteiger partial charge in [0, 0.05) is 11.9 Å². The molecule has 3 saturated carbocycles. The Morgan fingerprint density at radius 2 is 1.64 bits per heavy atom. The largest absolute Gasteiger partial charge is 0.481 e. The Bertz CT molecular complexity index is 841. The molecular formula is C18H21NO5S. The number of carboxylic acids is 1. The molecule has 3 fully saturated rings. The number of hydrogen-bond acceptors (Lipinski definition) is 4. The molecule has 6 nitrogen and oxygen atoms in total. The highest BCUT2D eigenvalue weighted by molar-refractivity contribution is 7.90. The second-order valence-electron chi connectivity index (χ2n) is 7.70. The monoisotopic (exact) mass is 363 g/mol. The molecular weight excluding hydrogens is 342 g/mol. The molecule has 1 amide bonds. The molecule has 3 aliphatic carbocycles. The SMILES string of the molecule is CS(=O)(=O)c1ccc(NC(=O)C2C(C(=O)O)C3CCC2C32CC2)cc1. The summed E-state index contributed by atoms with van der Waals surface area (Å²) in [5, 5.41) is 12.5. The lowest BCUT2D eigenvalue weighted by Crippen LogP contribution is -2.37. The maximum Gasteiger partial charge on any atom is 0.307 e. The van der Waals surface area contributed by atoms with Crippen molar-refractivity contribution < 1.29 is 23.1 Å². The zero-order valence-electron chi connectivity index (χ0n) is 13.9. The van der Waals surface area contributed by atoms with Crippen LogP contribution in [0.4, 0.5) is 5.69 Å². The van der Waals surface area contributed by atoms with Crippen molar-refractivity contribution in [1.29, 1.82) is 0 Å². The molecule has 4 atom stereocenters. The second-order valence-corrected chi connectivity index (χ2v) is 9.71. The van der Waals surface area contributed by atoms with Crippen LogP contribution in [0.3, 0.4) is 0 Å². The van der Waals surface area contributed by atoms with E-state index in [1.54, 1.807) is 12.1 Å². The van der Waals surface area contributed by atoms with Crippen LogP contribution in [-0.2, 0) is 19.4 Å². The lowest BCUT2D eigenvalue weighted by Gasteiger charge is -2.26. The van der Waals surface area contributed by atoms with E-state index in [1.165, 1.54) is 12.1 Å². The van der Waals surface area contributed by atoms with E-state index in [-0.39, 0.29) is 28.1 Å². The van der Waals surface area contributed by atoms with Gasteiger partial charge in [-0.1, -0.05) is 0 Å². The molecule has 25 heavy (non-hydrogen) atoms. The molecule has 134 valence electrons. The lowest BCUT2D eigenvalue weighted by molar-refractivity contribution is -0.148. The predicted molar refractivity (Wildman–Crippen MR) is 90.7 cm³/mol. The Kier molecular flexibility index (Phi) is 3.51. The molecule has 2 bridgehead atoms. The molecule has 0 aliphatic heterocycles. The quantitative estimate of drug-likeness (QED) is 0.854. The minimum atomic E-state index is -3.29. The maximum atomic E-state index is 12.8. The van der Waals surface area contributed by atoms with Gasteiger partial charge in [0.05, 0.1) is 16.7 Å². The Morgan fingerprint density at radius 3 is 2.12 bits per heavy atom. The smallest absolute Gasteiger partial charge is 0.307 e. The topological polar surface area (TPSA) is 101 Å². The van der Waals surface area contributed by atoms with Gasteiger partial charge in [-0.15, -0.1) is 0 Å². The summed E-state index contributed by atoms with van der Waals surface area (Å²) in [5.41, 5.74) is 0.583. The number of nitrogens with one attached hydrogen (secondary N) is 1. The van der Waals surface area contributed by atoms with Gasteiger partial charge in [-0.25, -0.2) is 8.42 Å². The molecule has 4 rings (SSSR count). The van der Waals surface area contributed by atoms with Crippen LogP contribution in [0.2, 0.25) is 0 Å². The lowest BCUT2D eigenvalue weighted by atomic mass is 9.78. The summed E-state index contributed by atoms with van der Waals surface area (Å²) in [6.07, 6.45) is 5.05. The van der Waals surface area contributed by atoms with Gasteiger partial charge in [-0.05, 0) is 67.2 Å². The molecule has 7 heteroatoms. The highest BCUT2D eigenvalue weighted by Crippen LogP contribution is 2.74. The van der Waals surface area contributed by atoms with Crippen molar-refractivity contribution in [2.45, 2.75) is 30.6 Å². The van der Waals surface area contributed by atoms with E-state index in [0.29, 0.717) is 5.69 Å². The van der Waals surface area contributed by atoms with Gasteiger partial charge in [-0.3, -0.25) is 9.59 Å². The van der Waals surface area contributed by atoms with E-state index < -0.39 is 27.6 Å². The van der Waals surface area contributed by atoms with E-state index in [2.05, 4.69) is 5.32 Å². The summed E-state index contributed by atoms with van der Waals surface area (Å²) in [6, 6.07) is 5.99. The van der Waals surface area contributed by atoms with Gasteiger partial charge < -0.3 is 10.4 Å². The Balaban J connectivity index is 1.56. The summed E-state index contributed by atoms with van der Waals surface area (Å²) in [6.45, 7) is 0. The van der Waals surface area contributed by atoms with Crippen LogP contribution in [0.5, 0.6) is 0 Å². The van der Waals surface area contributed by atoms with Crippen LogP contribution in [0.1, 0.15) is 25.7 Å². The highest BCUT2D eigenvalue weighted by Gasteiger charge is 2.71. The molecule has 1 aromatic rings. The predicted octanol–water partition coefficient (Wildman–Crippen LogP) is 2.17. The van der Waals surface area contributed by atoms with Gasteiger partial charge in [0.15, 0.2) is 9.84 Å². The zero-order chi connectivity index (χ0) is 18.0. The Labute approximate surface area is 146 Å². The van der Waals surface area contributed by atoms with E-state index >= 15 is 0 Å². The number of carbonyl (C=O) groups is 2. The minimum absolute atomic E-state index is 0.0885. The van der Waals surface area contributed by atoms with E-state index in [0.717, 1.165) is 31.9 Å². The summed E-state index contributed by atoms with van der Waals surface area (Å²) < 4.78 is 23.0. The van der Waals surface area contributed by atoms with Gasteiger partial charge in [0.25, 0.3) is 0 Å². The van der Waals surface area contributed by atoms with Crippen LogP contribution in [0, 0.1) is 29.1 Å². The van der Waals surface area contributed by atoms with Crippen molar-refractivity contribution >= 4 is 27.4 Å². The number of benzene rings is 1. The summed E-state index contributed by atoms with van der Waals surface area (Å²) >= 11 is 0. The number of rotatable bonds is 4. The van der Waals surface area contributed by atoms with Gasteiger partial charge in [0.2, 0.25) is 5.91 Å². The van der Waals surface area contributed by atoms with Crippen LogP contribution in [0.25, 0.3) is 0 Å². The van der Waals surface area contributed by atoms with Crippen molar-refractivity contribution in [3.8, 4) is 0 Å². The first-order valence-corrected chi connectivity index (χ1v) is 10.5. The minimum Gasteiger partial charge on any atom is -0.481 e. The van der Waals surface area contributed by atoms with Crippen LogP contribution in [0.15, 0.2) is 29.2 Å². The molecule has 0 aromatic heterocycles. The average Bonchev–Trinajstić information content (AvgIpc) is 3.20. The third-order valence-electron chi connectivity index (χ3n) is 6.48. The molecule has 0 radical (unpaired) electrons. The number of sulfone groups is 1. The average molecular weight is 363 g/mol. The maximum absolute atomic E-state index is 12.8. The molecule has 3 aliphatic rings.